The van der Waals surface area contributed by atoms with Gasteiger partial charge in [0.1, 0.15) is 17.4 Å². The topological polar surface area (TPSA) is 27.1 Å². The standard InChI is InChI=1S/C12H8F2N2O/c1-2-10-11(13)6-9(7-12(10)14)17-8-16-5-3-4-15-16/h1,3-7H,8H2. The molecule has 0 saturated carbocycles. The van der Waals surface area contributed by atoms with Crippen molar-refractivity contribution in [2.45, 2.75) is 6.73 Å². The van der Waals surface area contributed by atoms with Crippen molar-refractivity contribution in [2.24, 2.45) is 0 Å². The lowest BCUT2D eigenvalue weighted by Crippen LogP contribution is -2.06. The second-order valence-electron chi connectivity index (χ2n) is 3.23. The molecule has 0 unspecified atom stereocenters. The van der Waals surface area contributed by atoms with Crippen molar-refractivity contribution >= 4 is 0 Å². The molecule has 0 spiro atoms. The normalized spacial score (nSPS) is 9.94. The quantitative estimate of drug-likeness (QED) is 0.761. The van der Waals surface area contributed by atoms with Crippen LogP contribution in [-0.2, 0) is 6.73 Å². The molecule has 17 heavy (non-hydrogen) atoms. The Morgan fingerprint density at radius 1 is 1.35 bits per heavy atom. The van der Waals surface area contributed by atoms with E-state index in [-0.39, 0.29) is 12.5 Å². The highest BCUT2D eigenvalue weighted by Gasteiger charge is 2.09. The van der Waals surface area contributed by atoms with Gasteiger partial charge in [0.2, 0.25) is 0 Å². The van der Waals surface area contributed by atoms with E-state index in [2.05, 4.69) is 5.10 Å². The minimum Gasteiger partial charge on any atom is -0.471 e. The lowest BCUT2D eigenvalue weighted by Gasteiger charge is -2.07. The fraction of sp³-hybridized carbons (Fsp3) is 0.0833. The molecule has 0 atom stereocenters. The highest BCUT2D eigenvalue weighted by Crippen LogP contribution is 2.20. The van der Waals surface area contributed by atoms with E-state index < -0.39 is 17.2 Å². The van der Waals surface area contributed by atoms with Crippen molar-refractivity contribution in [2.75, 3.05) is 0 Å². The number of aromatic nitrogens is 2. The van der Waals surface area contributed by atoms with Crippen LogP contribution in [0.1, 0.15) is 5.56 Å². The van der Waals surface area contributed by atoms with Crippen LogP contribution >= 0.6 is 0 Å². The summed E-state index contributed by atoms with van der Waals surface area (Å²) in [6.07, 6.45) is 8.21. The maximum absolute atomic E-state index is 13.3. The fourth-order valence-electron chi connectivity index (χ4n) is 1.29. The van der Waals surface area contributed by atoms with Gasteiger partial charge in [-0.25, -0.2) is 13.5 Å². The van der Waals surface area contributed by atoms with Gasteiger partial charge in [-0.3, -0.25) is 0 Å². The van der Waals surface area contributed by atoms with E-state index in [1.807, 2.05) is 5.92 Å². The van der Waals surface area contributed by atoms with Gasteiger partial charge in [-0.15, -0.1) is 6.42 Å². The second kappa shape index (κ2) is 4.66. The summed E-state index contributed by atoms with van der Waals surface area (Å²) in [6.45, 7) is 0.0707. The highest BCUT2D eigenvalue weighted by molar-refractivity contribution is 5.39. The highest BCUT2D eigenvalue weighted by atomic mass is 19.1. The number of rotatable bonds is 3. The van der Waals surface area contributed by atoms with Gasteiger partial charge in [0.05, 0.1) is 5.56 Å². The summed E-state index contributed by atoms with van der Waals surface area (Å²) in [5.41, 5.74) is -0.392. The van der Waals surface area contributed by atoms with Crippen molar-refractivity contribution in [1.82, 2.24) is 9.78 Å². The summed E-state index contributed by atoms with van der Waals surface area (Å²) >= 11 is 0. The van der Waals surface area contributed by atoms with Gasteiger partial charge in [-0.1, -0.05) is 5.92 Å². The maximum Gasteiger partial charge on any atom is 0.180 e. The zero-order valence-corrected chi connectivity index (χ0v) is 8.73. The van der Waals surface area contributed by atoms with Crippen LogP contribution in [-0.4, -0.2) is 9.78 Å². The van der Waals surface area contributed by atoms with Crippen molar-refractivity contribution in [3.05, 3.63) is 47.8 Å². The lowest BCUT2D eigenvalue weighted by molar-refractivity contribution is 0.219. The Labute approximate surface area is 96.6 Å². The first kappa shape index (κ1) is 11.1. The van der Waals surface area contributed by atoms with Crippen LogP contribution in [0.15, 0.2) is 30.6 Å². The average molecular weight is 234 g/mol. The largest absolute Gasteiger partial charge is 0.471 e. The van der Waals surface area contributed by atoms with E-state index >= 15 is 0 Å². The molecule has 0 aliphatic carbocycles. The molecule has 0 radical (unpaired) electrons. The monoisotopic (exact) mass is 234 g/mol. The molecule has 0 amide bonds. The summed E-state index contributed by atoms with van der Waals surface area (Å²) < 4.78 is 33.2. The smallest absolute Gasteiger partial charge is 0.180 e. The number of halogens is 2. The second-order valence-corrected chi connectivity index (χ2v) is 3.23. The Balaban J connectivity index is 2.15. The van der Waals surface area contributed by atoms with E-state index in [1.165, 1.54) is 4.68 Å². The fourth-order valence-corrected chi connectivity index (χ4v) is 1.29. The number of hydrogen-bond donors (Lipinski definition) is 0. The maximum atomic E-state index is 13.3. The SMILES string of the molecule is C#Cc1c(F)cc(OCn2cccn2)cc1F. The van der Waals surface area contributed by atoms with E-state index in [0.29, 0.717) is 0 Å². The van der Waals surface area contributed by atoms with Gasteiger partial charge in [0, 0.05) is 24.5 Å². The van der Waals surface area contributed by atoms with Gasteiger partial charge in [0.25, 0.3) is 0 Å². The molecule has 0 N–H and O–H groups in total. The first-order valence-corrected chi connectivity index (χ1v) is 4.76. The van der Waals surface area contributed by atoms with Crippen LogP contribution in [0.25, 0.3) is 0 Å². The third-order valence-corrected chi connectivity index (χ3v) is 2.08. The van der Waals surface area contributed by atoms with Crippen LogP contribution in [0.2, 0.25) is 0 Å². The molecule has 1 aromatic heterocycles. The first-order chi connectivity index (χ1) is 8.20. The molecule has 0 bridgehead atoms. The summed E-state index contributed by atoms with van der Waals surface area (Å²) in [6, 6.07) is 3.80. The van der Waals surface area contributed by atoms with Gasteiger partial charge < -0.3 is 4.74 Å². The Kier molecular flexibility index (Phi) is 3.06. The van der Waals surface area contributed by atoms with Crippen molar-refractivity contribution < 1.29 is 13.5 Å². The molecule has 86 valence electrons. The number of benzene rings is 1. The Hall–Kier alpha value is -2.35. The van der Waals surface area contributed by atoms with E-state index in [9.17, 15) is 8.78 Å². The predicted molar refractivity (Wildman–Crippen MR) is 57.1 cm³/mol. The van der Waals surface area contributed by atoms with Crippen LogP contribution in [0.3, 0.4) is 0 Å². The van der Waals surface area contributed by atoms with Crippen molar-refractivity contribution in [3.63, 3.8) is 0 Å². The Morgan fingerprint density at radius 3 is 2.59 bits per heavy atom. The van der Waals surface area contributed by atoms with Crippen LogP contribution in [0, 0.1) is 24.0 Å². The third-order valence-electron chi connectivity index (χ3n) is 2.08. The molecule has 2 rings (SSSR count). The molecule has 2 aromatic rings. The zero-order valence-electron chi connectivity index (χ0n) is 8.73. The first-order valence-electron chi connectivity index (χ1n) is 4.76. The Morgan fingerprint density at radius 2 is 2.06 bits per heavy atom. The van der Waals surface area contributed by atoms with Crippen molar-refractivity contribution in [1.29, 1.82) is 0 Å². The van der Waals surface area contributed by atoms with Gasteiger partial charge in [-0.05, 0) is 6.07 Å². The molecule has 0 aliphatic rings. The third kappa shape index (κ3) is 2.42. The Bertz CT molecular complexity index is 535. The summed E-state index contributed by atoms with van der Waals surface area (Å²) in [5.74, 6) is 0.368. The van der Waals surface area contributed by atoms with Gasteiger partial charge in [-0.2, -0.15) is 5.10 Å². The minimum atomic E-state index is -0.817. The molecule has 0 saturated heterocycles. The zero-order chi connectivity index (χ0) is 12.3. The van der Waals surface area contributed by atoms with Crippen LogP contribution in [0.4, 0.5) is 8.78 Å². The average Bonchev–Trinajstić information content (AvgIpc) is 2.79. The number of nitrogens with zero attached hydrogens (tertiary/aromatic N) is 2. The number of hydrogen-bond acceptors (Lipinski definition) is 2. The van der Waals surface area contributed by atoms with Gasteiger partial charge >= 0.3 is 0 Å². The molecule has 3 nitrogen and oxygen atoms in total. The van der Waals surface area contributed by atoms with E-state index in [4.69, 9.17) is 11.2 Å². The van der Waals surface area contributed by atoms with Crippen LogP contribution < -0.4 is 4.74 Å². The summed E-state index contributed by atoms with van der Waals surface area (Å²) in [4.78, 5) is 0. The molecule has 5 heteroatoms. The molecule has 0 aliphatic heterocycles. The summed E-state index contributed by atoms with van der Waals surface area (Å²) in [7, 11) is 0. The van der Waals surface area contributed by atoms with E-state index in [0.717, 1.165) is 12.1 Å². The minimum absolute atomic E-state index is 0.0644. The molecular formula is C12H8F2N2O. The molecule has 1 aromatic carbocycles. The number of terminal acetylenes is 1. The van der Waals surface area contributed by atoms with Crippen LogP contribution in [0.5, 0.6) is 5.75 Å². The van der Waals surface area contributed by atoms with E-state index in [1.54, 1.807) is 18.5 Å². The molecule has 1 heterocycles. The lowest BCUT2D eigenvalue weighted by atomic mass is 10.2. The summed E-state index contributed by atoms with van der Waals surface area (Å²) in [5, 5.41) is 3.88. The predicted octanol–water partition coefficient (Wildman–Crippen LogP) is 2.18. The van der Waals surface area contributed by atoms with Crippen molar-refractivity contribution in [3.8, 4) is 18.1 Å². The van der Waals surface area contributed by atoms with Gasteiger partial charge in [0.15, 0.2) is 6.73 Å². The molecular weight excluding hydrogens is 226 g/mol. The molecule has 0 fully saturated rings. The number of ether oxygens (including phenoxy) is 1.